The lowest BCUT2D eigenvalue weighted by Crippen LogP contribution is -2.15. The third-order valence-corrected chi connectivity index (χ3v) is 5.05. The quantitative estimate of drug-likeness (QED) is 0.504. The summed E-state index contributed by atoms with van der Waals surface area (Å²) in [5.41, 5.74) is 2.90. The van der Waals surface area contributed by atoms with Crippen molar-refractivity contribution < 1.29 is 4.79 Å². The molecule has 1 amide bonds. The second-order valence-corrected chi connectivity index (χ2v) is 7.19. The van der Waals surface area contributed by atoms with E-state index >= 15 is 0 Å². The number of amides is 1. The maximum absolute atomic E-state index is 12.3. The molecular formula is C21H19N5OS. The van der Waals surface area contributed by atoms with Crippen LogP contribution >= 0.6 is 11.8 Å². The van der Waals surface area contributed by atoms with Crippen LogP contribution in [-0.4, -0.2) is 31.2 Å². The zero-order valence-electron chi connectivity index (χ0n) is 15.3. The van der Waals surface area contributed by atoms with Gasteiger partial charge in [-0.25, -0.2) is 4.68 Å². The van der Waals surface area contributed by atoms with E-state index in [9.17, 15) is 4.79 Å². The molecule has 2 aromatic carbocycles. The van der Waals surface area contributed by atoms with E-state index in [0.717, 1.165) is 22.6 Å². The van der Waals surface area contributed by atoms with Crippen molar-refractivity contribution in [1.82, 2.24) is 19.5 Å². The minimum Gasteiger partial charge on any atom is -0.325 e. The van der Waals surface area contributed by atoms with Crippen LogP contribution in [-0.2, 0) is 4.79 Å². The normalized spacial score (nSPS) is 10.8. The third-order valence-electron chi connectivity index (χ3n) is 4.13. The summed E-state index contributed by atoms with van der Waals surface area (Å²) in [7, 11) is 0. The van der Waals surface area contributed by atoms with Crippen molar-refractivity contribution in [1.29, 1.82) is 0 Å². The molecule has 0 spiro atoms. The van der Waals surface area contributed by atoms with Gasteiger partial charge in [-0.3, -0.25) is 9.47 Å². The Balaban J connectivity index is 1.54. The summed E-state index contributed by atoms with van der Waals surface area (Å²) >= 11 is 1.35. The number of rotatable bonds is 6. The van der Waals surface area contributed by atoms with Gasteiger partial charge in [-0.2, -0.15) is 0 Å². The first-order chi connectivity index (χ1) is 13.7. The molecular weight excluding hydrogens is 370 g/mol. The lowest BCUT2D eigenvalue weighted by molar-refractivity contribution is -0.113. The Kier molecular flexibility index (Phi) is 5.25. The van der Waals surface area contributed by atoms with E-state index in [1.165, 1.54) is 11.8 Å². The van der Waals surface area contributed by atoms with Gasteiger partial charge in [-0.1, -0.05) is 59.8 Å². The molecule has 7 heteroatoms. The lowest BCUT2D eigenvalue weighted by Gasteiger charge is -2.11. The highest BCUT2D eigenvalue weighted by Crippen LogP contribution is 2.24. The number of aromatic nitrogens is 4. The highest BCUT2D eigenvalue weighted by Gasteiger charge is 2.16. The number of thioether (sulfide) groups is 1. The van der Waals surface area contributed by atoms with E-state index in [-0.39, 0.29) is 11.7 Å². The van der Waals surface area contributed by atoms with E-state index in [1.807, 2.05) is 95.4 Å². The number of nitrogens with one attached hydrogen (secondary N) is 1. The number of hydrogen-bond donors (Lipinski definition) is 1. The fraction of sp³-hybridized carbons (Fsp3) is 0.0952. The SMILES string of the molecule is Cc1ccc(NC(=O)CSc2nnc(-c3ccccc3)n2-n2cccc2)cc1. The minimum absolute atomic E-state index is 0.0860. The number of benzene rings is 2. The predicted octanol–water partition coefficient (Wildman–Crippen LogP) is 4.10. The van der Waals surface area contributed by atoms with Gasteiger partial charge in [-0.05, 0) is 31.2 Å². The summed E-state index contributed by atoms with van der Waals surface area (Å²) < 4.78 is 3.81. The van der Waals surface area contributed by atoms with Gasteiger partial charge in [0.25, 0.3) is 0 Å². The summed E-state index contributed by atoms with van der Waals surface area (Å²) in [6.07, 6.45) is 3.85. The summed E-state index contributed by atoms with van der Waals surface area (Å²) in [6, 6.07) is 21.5. The van der Waals surface area contributed by atoms with Crippen LogP contribution in [0.5, 0.6) is 0 Å². The summed E-state index contributed by atoms with van der Waals surface area (Å²) in [5, 5.41) is 12.2. The first-order valence-corrected chi connectivity index (χ1v) is 9.83. The van der Waals surface area contributed by atoms with Crippen LogP contribution in [0.2, 0.25) is 0 Å². The van der Waals surface area contributed by atoms with E-state index < -0.39 is 0 Å². The molecule has 0 saturated carbocycles. The van der Waals surface area contributed by atoms with Crippen LogP contribution in [0, 0.1) is 6.92 Å². The van der Waals surface area contributed by atoms with Crippen molar-refractivity contribution in [3.05, 3.63) is 84.7 Å². The van der Waals surface area contributed by atoms with Crippen LogP contribution in [0.15, 0.2) is 84.3 Å². The molecule has 1 N–H and O–H groups in total. The van der Waals surface area contributed by atoms with Gasteiger partial charge >= 0.3 is 0 Å². The molecule has 0 bridgehead atoms. The average molecular weight is 389 g/mol. The van der Waals surface area contributed by atoms with Crippen molar-refractivity contribution >= 4 is 23.4 Å². The van der Waals surface area contributed by atoms with Crippen molar-refractivity contribution in [2.75, 3.05) is 11.1 Å². The second kappa shape index (κ2) is 8.14. The van der Waals surface area contributed by atoms with Gasteiger partial charge in [0.2, 0.25) is 11.1 Å². The monoisotopic (exact) mass is 389 g/mol. The smallest absolute Gasteiger partial charge is 0.234 e. The third kappa shape index (κ3) is 3.99. The Morgan fingerprint density at radius 2 is 1.68 bits per heavy atom. The fourth-order valence-corrected chi connectivity index (χ4v) is 3.49. The maximum atomic E-state index is 12.3. The van der Waals surface area contributed by atoms with E-state index in [1.54, 1.807) is 0 Å². The molecule has 4 aromatic rings. The Morgan fingerprint density at radius 1 is 0.964 bits per heavy atom. The largest absolute Gasteiger partial charge is 0.325 e. The molecule has 0 unspecified atom stereocenters. The first-order valence-electron chi connectivity index (χ1n) is 8.84. The number of nitrogens with zero attached hydrogens (tertiary/aromatic N) is 4. The standard InChI is InChI=1S/C21H19N5OS/c1-16-9-11-18(12-10-16)22-19(27)15-28-21-24-23-20(17-7-3-2-4-8-17)26(21)25-13-5-6-14-25/h2-14H,15H2,1H3,(H,22,27). The summed E-state index contributed by atoms with van der Waals surface area (Å²) in [5.74, 6) is 0.873. The molecule has 0 fully saturated rings. The molecule has 4 rings (SSSR count). The Hall–Kier alpha value is -3.32. The Morgan fingerprint density at radius 3 is 2.39 bits per heavy atom. The predicted molar refractivity (Wildman–Crippen MR) is 111 cm³/mol. The molecule has 2 heterocycles. The molecule has 140 valence electrons. The van der Waals surface area contributed by atoms with Crippen molar-refractivity contribution in [2.24, 2.45) is 0 Å². The molecule has 0 saturated heterocycles. The van der Waals surface area contributed by atoms with E-state index in [0.29, 0.717) is 5.16 Å². The van der Waals surface area contributed by atoms with Crippen molar-refractivity contribution in [3.63, 3.8) is 0 Å². The summed E-state index contributed by atoms with van der Waals surface area (Å²) in [4.78, 5) is 12.3. The maximum Gasteiger partial charge on any atom is 0.234 e. The number of carbonyl (C=O) groups excluding carboxylic acids is 1. The molecule has 0 aliphatic carbocycles. The van der Waals surface area contributed by atoms with Crippen LogP contribution < -0.4 is 5.32 Å². The van der Waals surface area contributed by atoms with Gasteiger partial charge < -0.3 is 5.32 Å². The number of aryl methyl sites for hydroxylation is 1. The lowest BCUT2D eigenvalue weighted by atomic mass is 10.2. The second-order valence-electron chi connectivity index (χ2n) is 6.25. The molecule has 0 radical (unpaired) electrons. The number of hydrogen-bond acceptors (Lipinski definition) is 4. The zero-order valence-corrected chi connectivity index (χ0v) is 16.1. The first kappa shape index (κ1) is 18.1. The van der Waals surface area contributed by atoms with Crippen LogP contribution in [0.3, 0.4) is 0 Å². The van der Waals surface area contributed by atoms with Crippen LogP contribution in [0.25, 0.3) is 11.4 Å². The van der Waals surface area contributed by atoms with Crippen molar-refractivity contribution in [2.45, 2.75) is 12.1 Å². The summed E-state index contributed by atoms with van der Waals surface area (Å²) in [6.45, 7) is 2.01. The molecule has 28 heavy (non-hydrogen) atoms. The van der Waals surface area contributed by atoms with Gasteiger partial charge in [0, 0.05) is 23.6 Å². The molecule has 0 aliphatic heterocycles. The molecule has 2 aromatic heterocycles. The Labute approximate surface area is 167 Å². The topological polar surface area (TPSA) is 64.7 Å². The molecule has 0 atom stereocenters. The van der Waals surface area contributed by atoms with Crippen LogP contribution in [0.4, 0.5) is 5.69 Å². The van der Waals surface area contributed by atoms with E-state index in [4.69, 9.17) is 0 Å². The number of anilines is 1. The number of carbonyl (C=O) groups is 1. The highest BCUT2D eigenvalue weighted by atomic mass is 32.2. The van der Waals surface area contributed by atoms with Gasteiger partial charge in [0.1, 0.15) is 0 Å². The zero-order chi connectivity index (χ0) is 19.3. The van der Waals surface area contributed by atoms with Crippen LogP contribution in [0.1, 0.15) is 5.56 Å². The van der Waals surface area contributed by atoms with Gasteiger partial charge in [-0.15, -0.1) is 10.2 Å². The van der Waals surface area contributed by atoms with Gasteiger partial charge in [0.15, 0.2) is 5.82 Å². The average Bonchev–Trinajstić information content (AvgIpc) is 3.38. The highest BCUT2D eigenvalue weighted by molar-refractivity contribution is 7.99. The molecule has 6 nitrogen and oxygen atoms in total. The molecule has 0 aliphatic rings. The fourth-order valence-electron chi connectivity index (χ4n) is 2.75. The van der Waals surface area contributed by atoms with Crippen molar-refractivity contribution in [3.8, 4) is 11.4 Å². The minimum atomic E-state index is -0.0860. The Bertz CT molecular complexity index is 1060. The van der Waals surface area contributed by atoms with E-state index in [2.05, 4.69) is 15.5 Å². The van der Waals surface area contributed by atoms with Gasteiger partial charge in [0.05, 0.1) is 5.75 Å².